The van der Waals surface area contributed by atoms with Gasteiger partial charge in [0.25, 0.3) is 23.6 Å². The van der Waals surface area contributed by atoms with Crippen LogP contribution < -0.4 is 16.4 Å². The van der Waals surface area contributed by atoms with Crippen LogP contribution in [-0.2, 0) is 6.54 Å². The van der Waals surface area contributed by atoms with Crippen molar-refractivity contribution < 1.29 is 19.2 Å². The van der Waals surface area contributed by atoms with Crippen molar-refractivity contribution in [3.8, 4) is 0 Å². The summed E-state index contributed by atoms with van der Waals surface area (Å²) in [4.78, 5) is 64.7. The maximum absolute atomic E-state index is 12.5. The van der Waals surface area contributed by atoms with Crippen LogP contribution in [0.25, 0.3) is 0 Å². The number of imide groups is 2. The number of carbonyl (C=O) groups excluding carboxylic acids is 4. The lowest BCUT2D eigenvalue weighted by Crippen LogP contribution is -2.36. The number of rotatable bonds is 7. The van der Waals surface area contributed by atoms with Crippen LogP contribution in [0.1, 0.15) is 47.3 Å². The minimum atomic E-state index is -0.426. The molecule has 0 unspecified atom stereocenters. The molecule has 0 aliphatic carbocycles. The summed E-state index contributed by atoms with van der Waals surface area (Å²) < 4.78 is 0. The molecule has 0 saturated heterocycles. The van der Waals surface area contributed by atoms with Gasteiger partial charge in [-0.2, -0.15) is 15.0 Å². The average Bonchev–Trinajstić information content (AvgIpc) is 3.26. The molecule has 0 fully saturated rings. The summed E-state index contributed by atoms with van der Waals surface area (Å²) in [6.45, 7) is -0.345. The smallest absolute Gasteiger partial charge is 0.263 e. The van der Waals surface area contributed by atoms with Gasteiger partial charge >= 0.3 is 0 Å². The highest BCUT2D eigenvalue weighted by atomic mass is 16.2. The predicted molar refractivity (Wildman–Crippen MR) is 119 cm³/mol. The number of fused-ring (bicyclic) bond motifs is 2. The quantitative estimate of drug-likeness (QED) is 0.429. The highest BCUT2D eigenvalue weighted by molar-refractivity contribution is 6.22. The Bertz CT molecular complexity index is 1190. The molecule has 2 aliphatic heterocycles. The second-order valence-electron chi connectivity index (χ2n) is 7.44. The number of carbonyl (C=O) groups is 4. The number of aromatic nitrogens is 3. The summed E-state index contributed by atoms with van der Waals surface area (Å²) in [6, 6.07) is 13.1. The summed E-state index contributed by atoms with van der Waals surface area (Å²) in [7, 11) is 0. The molecule has 0 radical (unpaired) electrons. The van der Waals surface area contributed by atoms with Crippen molar-refractivity contribution in [1.29, 1.82) is 0 Å². The van der Waals surface area contributed by atoms with Gasteiger partial charge in [0.2, 0.25) is 11.9 Å². The first kappa shape index (κ1) is 21.2. The lowest BCUT2D eigenvalue weighted by Gasteiger charge is -2.17. The van der Waals surface area contributed by atoms with Gasteiger partial charge in [0.15, 0.2) is 0 Å². The Kier molecular flexibility index (Phi) is 5.18. The molecule has 4 amide bonds. The third-order valence-electron chi connectivity index (χ3n) is 5.41. The van der Waals surface area contributed by atoms with Crippen molar-refractivity contribution in [3.05, 3.63) is 76.6 Å². The van der Waals surface area contributed by atoms with Crippen molar-refractivity contribution in [2.75, 3.05) is 24.0 Å². The lowest BCUT2D eigenvalue weighted by molar-refractivity contribution is 0.0650. The maximum atomic E-state index is 12.5. The Hall–Kier alpha value is -4.71. The lowest BCUT2D eigenvalue weighted by atomic mass is 10.1. The van der Waals surface area contributed by atoms with E-state index in [1.165, 1.54) is 0 Å². The minimum absolute atomic E-state index is 0.00802. The van der Waals surface area contributed by atoms with Gasteiger partial charge in [-0.3, -0.25) is 29.0 Å². The topological polar surface area (TPSA) is 164 Å². The van der Waals surface area contributed by atoms with Crippen LogP contribution in [0.5, 0.6) is 0 Å². The zero-order valence-corrected chi connectivity index (χ0v) is 17.7. The van der Waals surface area contributed by atoms with E-state index in [-0.39, 0.29) is 37.6 Å². The molecule has 3 aromatic rings. The summed E-state index contributed by atoms with van der Waals surface area (Å²) in [5.41, 5.74) is 7.00. The largest absolute Gasteiger partial charge is 0.336 e. The first-order valence-electron chi connectivity index (χ1n) is 10.3. The number of hydrogen-bond acceptors (Lipinski definition) is 10. The van der Waals surface area contributed by atoms with E-state index >= 15 is 0 Å². The van der Waals surface area contributed by atoms with Crippen LogP contribution >= 0.6 is 0 Å². The zero-order valence-electron chi connectivity index (χ0n) is 17.7. The number of anilines is 2. The molecule has 4 N–H and O–H groups in total. The van der Waals surface area contributed by atoms with Gasteiger partial charge in [-0.05, 0) is 24.3 Å². The van der Waals surface area contributed by atoms with Crippen LogP contribution in [0, 0.1) is 0 Å². The van der Waals surface area contributed by atoms with Gasteiger partial charge < -0.3 is 16.4 Å². The third-order valence-corrected chi connectivity index (χ3v) is 5.41. The van der Waals surface area contributed by atoms with E-state index in [4.69, 9.17) is 5.73 Å². The molecule has 5 rings (SSSR count). The van der Waals surface area contributed by atoms with Crippen molar-refractivity contribution in [2.45, 2.75) is 6.54 Å². The molecule has 0 bridgehead atoms. The van der Waals surface area contributed by atoms with Gasteiger partial charge in [0.05, 0.1) is 28.8 Å². The normalized spacial score (nSPS) is 14.5. The van der Waals surface area contributed by atoms with Gasteiger partial charge in [-0.25, -0.2) is 0 Å². The Labute approximate surface area is 192 Å². The molecule has 1 aromatic heterocycles. The summed E-state index contributed by atoms with van der Waals surface area (Å²) in [5, 5.41) is 5.67. The van der Waals surface area contributed by atoms with Crippen molar-refractivity contribution in [2.24, 2.45) is 5.73 Å². The molecule has 2 aliphatic rings. The monoisotopic (exact) mass is 458 g/mol. The molecular formula is C22H18N8O4. The van der Waals surface area contributed by atoms with Crippen LogP contribution in [0.4, 0.5) is 11.9 Å². The fourth-order valence-electron chi connectivity index (χ4n) is 3.73. The van der Waals surface area contributed by atoms with Gasteiger partial charge in [0.1, 0.15) is 19.2 Å². The maximum Gasteiger partial charge on any atom is 0.263 e. The van der Waals surface area contributed by atoms with Crippen molar-refractivity contribution in [3.63, 3.8) is 0 Å². The third kappa shape index (κ3) is 3.51. The molecule has 3 heterocycles. The molecule has 0 spiro atoms. The Morgan fingerprint density at radius 2 is 0.971 bits per heavy atom. The molecule has 12 heteroatoms. The van der Waals surface area contributed by atoms with E-state index in [0.717, 1.165) is 9.80 Å². The SMILES string of the molecule is NCc1nc(NCN2C(=O)c3ccccc3C2=O)nc(NCN2C(=O)c3ccccc3C2=O)n1. The number of nitrogens with two attached hydrogens (primary N) is 1. The van der Waals surface area contributed by atoms with Crippen molar-refractivity contribution in [1.82, 2.24) is 24.8 Å². The second-order valence-corrected chi connectivity index (χ2v) is 7.44. The number of nitrogens with zero attached hydrogens (tertiary/aromatic N) is 5. The molecule has 2 aromatic carbocycles. The number of hydrogen-bond donors (Lipinski definition) is 3. The Balaban J connectivity index is 1.28. The predicted octanol–water partition coefficient (Wildman–Crippen LogP) is 0.661. The number of amides is 4. The fourth-order valence-corrected chi connectivity index (χ4v) is 3.73. The molecule has 34 heavy (non-hydrogen) atoms. The summed E-state index contributed by atoms with van der Waals surface area (Å²) in [6.07, 6.45) is 0. The van der Waals surface area contributed by atoms with E-state index in [9.17, 15) is 19.2 Å². The average molecular weight is 458 g/mol. The van der Waals surface area contributed by atoms with Crippen LogP contribution in [-0.4, -0.2) is 61.7 Å². The fraction of sp³-hybridized carbons (Fsp3) is 0.136. The second kappa shape index (κ2) is 8.33. The molecular weight excluding hydrogens is 440 g/mol. The standard InChI is InChI=1S/C22H18N8O4/c23-9-16-26-21(24-10-29-17(31)12-5-1-2-6-13(12)18(29)32)28-22(27-16)25-11-30-19(33)14-7-3-4-8-15(14)20(30)34/h1-8H,9-11,23H2,(H2,24,25,26,27,28). The zero-order chi connectivity index (χ0) is 23.8. The first-order valence-corrected chi connectivity index (χ1v) is 10.3. The van der Waals surface area contributed by atoms with E-state index in [1.807, 2.05) is 0 Å². The molecule has 12 nitrogen and oxygen atoms in total. The summed E-state index contributed by atoms with van der Waals surface area (Å²) >= 11 is 0. The minimum Gasteiger partial charge on any atom is -0.336 e. The van der Waals surface area contributed by atoms with E-state index < -0.39 is 23.6 Å². The molecule has 0 atom stereocenters. The number of benzene rings is 2. The van der Waals surface area contributed by atoms with Gasteiger partial charge in [-0.1, -0.05) is 24.3 Å². The molecule has 0 saturated carbocycles. The van der Waals surface area contributed by atoms with Crippen molar-refractivity contribution >= 4 is 35.5 Å². The highest BCUT2D eigenvalue weighted by Crippen LogP contribution is 2.23. The highest BCUT2D eigenvalue weighted by Gasteiger charge is 2.36. The van der Waals surface area contributed by atoms with Crippen LogP contribution in [0.15, 0.2) is 48.5 Å². The Morgan fingerprint density at radius 3 is 1.29 bits per heavy atom. The van der Waals surface area contributed by atoms with E-state index in [2.05, 4.69) is 25.6 Å². The van der Waals surface area contributed by atoms with E-state index in [0.29, 0.717) is 22.3 Å². The Morgan fingerprint density at radius 1 is 0.618 bits per heavy atom. The number of nitrogens with one attached hydrogen (secondary N) is 2. The van der Waals surface area contributed by atoms with Crippen LogP contribution in [0.2, 0.25) is 0 Å². The first-order chi connectivity index (χ1) is 16.5. The van der Waals surface area contributed by atoms with Gasteiger partial charge in [0, 0.05) is 0 Å². The van der Waals surface area contributed by atoms with Gasteiger partial charge in [-0.15, -0.1) is 0 Å². The van der Waals surface area contributed by atoms with Crippen LogP contribution in [0.3, 0.4) is 0 Å². The summed E-state index contributed by atoms with van der Waals surface area (Å²) in [5.74, 6) is -1.34. The molecule has 170 valence electrons. The van der Waals surface area contributed by atoms with E-state index in [1.54, 1.807) is 48.5 Å².